The molecule has 0 fully saturated rings. The van der Waals surface area contributed by atoms with Crippen molar-refractivity contribution in [1.29, 1.82) is 0 Å². The number of aliphatic hydroxyl groups excluding tert-OH is 1. The van der Waals surface area contributed by atoms with Gasteiger partial charge in [0.25, 0.3) is 0 Å². The molecule has 150 valence electrons. The van der Waals surface area contributed by atoms with Gasteiger partial charge in [0.05, 0.1) is 18.8 Å². The molecule has 0 heterocycles. The van der Waals surface area contributed by atoms with Gasteiger partial charge in [0.2, 0.25) is 0 Å². The van der Waals surface area contributed by atoms with Gasteiger partial charge in [-0.25, -0.2) is 9.18 Å². The number of benzene rings is 1. The number of hydrogen-bond donors (Lipinski definition) is 1. The number of ether oxygens (including phenoxy) is 3. The minimum Gasteiger partial charge on any atom is -0.463 e. The van der Waals surface area contributed by atoms with Crippen LogP contribution in [0.3, 0.4) is 0 Å². The lowest BCUT2D eigenvalue weighted by Gasteiger charge is -2.24. The maximum atomic E-state index is 14.1. The third-order valence-electron chi connectivity index (χ3n) is 3.25. The number of amides is 1. The topological polar surface area (TPSA) is 102 Å². The monoisotopic (exact) mass is 385 g/mol. The molecular weight excluding hydrogens is 361 g/mol. The standard InChI is InChI=1S/C18H24FNO7/c1-4-6-17(23)26-11-14(22)10-20(18(24)25-5-2)13-7-8-16(15(19)9-13)27-12(3)21/h7-9,14,22H,4-6,10-11H2,1-3H3. The van der Waals surface area contributed by atoms with Gasteiger partial charge in [0, 0.05) is 19.4 Å². The van der Waals surface area contributed by atoms with Crippen molar-refractivity contribution in [3.8, 4) is 5.75 Å². The lowest BCUT2D eigenvalue weighted by Crippen LogP contribution is -2.40. The predicted molar refractivity (Wildman–Crippen MR) is 94.0 cm³/mol. The number of hydrogen-bond acceptors (Lipinski definition) is 7. The number of carbonyl (C=O) groups excluding carboxylic acids is 3. The molecule has 1 amide bonds. The second-order valence-electron chi connectivity index (χ2n) is 5.60. The van der Waals surface area contributed by atoms with E-state index in [1.54, 1.807) is 6.92 Å². The Morgan fingerprint density at radius 1 is 1.22 bits per heavy atom. The molecule has 1 unspecified atom stereocenters. The van der Waals surface area contributed by atoms with Gasteiger partial charge in [-0.3, -0.25) is 14.5 Å². The Kier molecular flexibility index (Phi) is 9.21. The summed E-state index contributed by atoms with van der Waals surface area (Å²) in [6.07, 6.45) is -1.18. The summed E-state index contributed by atoms with van der Waals surface area (Å²) >= 11 is 0. The number of aliphatic hydroxyl groups is 1. The van der Waals surface area contributed by atoms with E-state index in [1.807, 2.05) is 6.92 Å². The summed E-state index contributed by atoms with van der Waals surface area (Å²) in [4.78, 5) is 35.5. The fourth-order valence-corrected chi connectivity index (χ4v) is 2.11. The van der Waals surface area contributed by atoms with Gasteiger partial charge >= 0.3 is 18.0 Å². The zero-order chi connectivity index (χ0) is 20.4. The molecule has 0 saturated heterocycles. The van der Waals surface area contributed by atoms with Gasteiger partial charge in [0.15, 0.2) is 11.6 Å². The highest BCUT2D eigenvalue weighted by Crippen LogP contribution is 2.25. The van der Waals surface area contributed by atoms with Crippen molar-refractivity contribution in [1.82, 2.24) is 0 Å². The van der Waals surface area contributed by atoms with Crippen LogP contribution in [0.1, 0.15) is 33.6 Å². The summed E-state index contributed by atoms with van der Waals surface area (Å²) in [6, 6.07) is 3.50. The molecule has 1 atom stereocenters. The van der Waals surface area contributed by atoms with E-state index in [0.717, 1.165) is 17.9 Å². The lowest BCUT2D eigenvalue weighted by molar-refractivity contribution is -0.146. The molecule has 1 N–H and O–H groups in total. The number of carbonyl (C=O) groups is 3. The zero-order valence-electron chi connectivity index (χ0n) is 15.6. The highest BCUT2D eigenvalue weighted by atomic mass is 19.1. The Balaban J connectivity index is 2.91. The normalized spacial score (nSPS) is 11.4. The molecule has 0 aliphatic heterocycles. The van der Waals surface area contributed by atoms with E-state index in [4.69, 9.17) is 14.2 Å². The zero-order valence-corrected chi connectivity index (χ0v) is 15.6. The molecular formula is C18H24FNO7. The third kappa shape index (κ3) is 7.61. The minimum atomic E-state index is -1.20. The highest BCUT2D eigenvalue weighted by molar-refractivity contribution is 5.88. The van der Waals surface area contributed by atoms with Crippen LogP contribution >= 0.6 is 0 Å². The molecule has 0 radical (unpaired) electrons. The Labute approximate surface area is 156 Å². The molecule has 1 aromatic carbocycles. The van der Waals surface area contributed by atoms with Crippen LogP contribution in [0, 0.1) is 5.82 Å². The smallest absolute Gasteiger partial charge is 0.414 e. The van der Waals surface area contributed by atoms with Crippen LogP contribution < -0.4 is 9.64 Å². The molecule has 0 bridgehead atoms. The average Bonchev–Trinajstić information content (AvgIpc) is 2.60. The molecule has 0 saturated carbocycles. The van der Waals surface area contributed by atoms with E-state index in [-0.39, 0.29) is 37.6 Å². The van der Waals surface area contributed by atoms with E-state index >= 15 is 0 Å². The first kappa shape index (κ1) is 22.4. The second-order valence-corrected chi connectivity index (χ2v) is 5.60. The highest BCUT2D eigenvalue weighted by Gasteiger charge is 2.23. The number of halogens is 1. The van der Waals surface area contributed by atoms with Gasteiger partial charge in [-0.15, -0.1) is 0 Å². The van der Waals surface area contributed by atoms with Gasteiger partial charge in [-0.2, -0.15) is 0 Å². The summed E-state index contributed by atoms with van der Waals surface area (Å²) in [7, 11) is 0. The maximum Gasteiger partial charge on any atom is 0.414 e. The molecule has 0 aromatic heterocycles. The minimum absolute atomic E-state index is 0.0743. The molecule has 0 aliphatic rings. The molecule has 8 nitrogen and oxygen atoms in total. The molecule has 0 aliphatic carbocycles. The third-order valence-corrected chi connectivity index (χ3v) is 3.25. The number of anilines is 1. The van der Waals surface area contributed by atoms with Crippen LogP contribution in [0.15, 0.2) is 18.2 Å². The Morgan fingerprint density at radius 3 is 2.48 bits per heavy atom. The van der Waals surface area contributed by atoms with Crippen LogP contribution in [-0.2, 0) is 19.1 Å². The van der Waals surface area contributed by atoms with Gasteiger partial charge in [-0.1, -0.05) is 6.92 Å². The van der Waals surface area contributed by atoms with Gasteiger partial charge in [0.1, 0.15) is 12.7 Å². The molecule has 0 spiro atoms. The molecule has 1 rings (SSSR count). The van der Waals surface area contributed by atoms with Crippen molar-refractivity contribution >= 4 is 23.7 Å². The van der Waals surface area contributed by atoms with Crippen molar-refractivity contribution < 1.29 is 38.1 Å². The Bertz CT molecular complexity index is 665. The summed E-state index contributed by atoms with van der Waals surface area (Å²) in [5.74, 6) is -2.30. The van der Waals surface area contributed by atoms with E-state index < -0.39 is 30.0 Å². The van der Waals surface area contributed by atoms with Gasteiger partial charge in [-0.05, 0) is 25.5 Å². The summed E-state index contributed by atoms with van der Waals surface area (Å²) in [6.45, 7) is 4.02. The summed E-state index contributed by atoms with van der Waals surface area (Å²) < 4.78 is 28.6. The molecule has 9 heteroatoms. The number of esters is 2. The van der Waals surface area contributed by atoms with Crippen LogP contribution in [0.4, 0.5) is 14.9 Å². The van der Waals surface area contributed by atoms with E-state index in [0.29, 0.717) is 6.42 Å². The van der Waals surface area contributed by atoms with Crippen LogP contribution in [0.5, 0.6) is 5.75 Å². The largest absolute Gasteiger partial charge is 0.463 e. The maximum absolute atomic E-state index is 14.1. The first-order valence-corrected chi connectivity index (χ1v) is 8.54. The number of nitrogens with zero attached hydrogens (tertiary/aromatic N) is 1. The van der Waals surface area contributed by atoms with Crippen molar-refractivity contribution in [3.05, 3.63) is 24.0 Å². The first-order chi connectivity index (χ1) is 12.8. The fourth-order valence-electron chi connectivity index (χ4n) is 2.11. The molecule has 27 heavy (non-hydrogen) atoms. The quantitative estimate of drug-likeness (QED) is 0.514. The first-order valence-electron chi connectivity index (χ1n) is 8.54. The van der Waals surface area contributed by atoms with Crippen LogP contribution in [0.2, 0.25) is 0 Å². The van der Waals surface area contributed by atoms with E-state index in [9.17, 15) is 23.9 Å². The van der Waals surface area contributed by atoms with Crippen LogP contribution in [0.25, 0.3) is 0 Å². The fraction of sp³-hybridized carbons (Fsp3) is 0.500. The second kappa shape index (κ2) is 11.1. The van der Waals surface area contributed by atoms with Crippen molar-refractivity contribution in [2.45, 2.75) is 39.7 Å². The average molecular weight is 385 g/mol. The Morgan fingerprint density at radius 2 is 1.93 bits per heavy atom. The van der Waals surface area contributed by atoms with Crippen molar-refractivity contribution in [2.75, 3.05) is 24.7 Å². The van der Waals surface area contributed by atoms with Crippen molar-refractivity contribution in [3.63, 3.8) is 0 Å². The summed E-state index contributed by atoms with van der Waals surface area (Å²) in [5.41, 5.74) is 0.0841. The number of rotatable bonds is 9. The predicted octanol–water partition coefficient (Wildman–Crippen LogP) is 2.42. The van der Waals surface area contributed by atoms with E-state index in [2.05, 4.69) is 0 Å². The van der Waals surface area contributed by atoms with Crippen LogP contribution in [-0.4, -0.2) is 49.0 Å². The summed E-state index contributed by atoms with van der Waals surface area (Å²) in [5, 5.41) is 10.1. The molecule has 1 aromatic rings. The Hall–Kier alpha value is -2.68. The van der Waals surface area contributed by atoms with Crippen molar-refractivity contribution in [2.24, 2.45) is 0 Å². The lowest BCUT2D eigenvalue weighted by atomic mass is 10.2. The SMILES string of the molecule is CCCC(=O)OCC(O)CN(C(=O)OCC)c1ccc(OC(C)=O)c(F)c1. The van der Waals surface area contributed by atoms with E-state index in [1.165, 1.54) is 12.1 Å². The van der Waals surface area contributed by atoms with Gasteiger partial charge < -0.3 is 19.3 Å².